The first-order chi connectivity index (χ1) is 9.85. The summed E-state index contributed by atoms with van der Waals surface area (Å²) in [6.45, 7) is 0.898. The number of nitro groups is 1. The molecule has 1 aromatic rings. The molecule has 21 heavy (non-hydrogen) atoms. The molecule has 1 aromatic carbocycles. The van der Waals surface area contributed by atoms with Crippen LogP contribution in [0.3, 0.4) is 0 Å². The predicted molar refractivity (Wildman–Crippen MR) is 76.8 cm³/mol. The number of piperidine rings is 1. The molecule has 0 radical (unpaired) electrons. The van der Waals surface area contributed by atoms with Gasteiger partial charge in [-0.15, -0.1) is 0 Å². The van der Waals surface area contributed by atoms with E-state index in [9.17, 15) is 23.6 Å². The Bertz CT molecular complexity index is 646. The number of nitrogens with one attached hydrogen (secondary N) is 1. The van der Waals surface area contributed by atoms with Gasteiger partial charge in [-0.1, -0.05) is 0 Å². The van der Waals surface area contributed by atoms with E-state index < -0.39 is 21.1 Å². The Labute approximate surface area is 122 Å². The van der Waals surface area contributed by atoms with Crippen molar-refractivity contribution >= 4 is 21.4 Å². The maximum atomic E-state index is 11.7. The number of rotatable bonds is 4. The number of hydrogen-bond donors (Lipinski definition) is 2. The summed E-state index contributed by atoms with van der Waals surface area (Å²) in [6, 6.07) is 3.79. The number of nitrogens with zero attached hydrogens (tertiary/aromatic N) is 2. The summed E-state index contributed by atoms with van der Waals surface area (Å²) >= 11 is 0. The van der Waals surface area contributed by atoms with Crippen molar-refractivity contribution in [2.75, 3.05) is 25.0 Å². The van der Waals surface area contributed by atoms with Crippen molar-refractivity contribution < 1.29 is 18.4 Å². The summed E-state index contributed by atoms with van der Waals surface area (Å²) in [5.41, 5.74) is 0.0502. The zero-order valence-corrected chi connectivity index (χ0v) is 12.3. The average molecular weight is 315 g/mol. The number of aliphatic hydroxyl groups excluding tert-OH is 1. The van der Waals surface area contributed by atoms with Gasteiger partial charge in [-0.3, -0.25) is 10.1 Å². The minimum atomic E-state index is -3.73. The Hall–Kier alpha value is -1.71. The van der Waals surface area contributed by atoms with E-state index in [1.165, 1.54) is 19.2 Å². The molecule has 1 saturated heterocycles. The van der Waals surface area contributed by atoms with Crippen LogP contribution in [-0.4, -0.2) is 44.7 Å². The van der Waals surface area contributed by atoms with Crippen molar-refractivity contribution in [3.8, 4) is 0 Å². The Morgan fingerprint density at radius 3 is 2.76 bits per heavy atom. The van der Waals surface area contributed by atoms with E-state index in [0.29, 0.717) is 25.2 Å². The van der Waals surface area contributed by atoms with Gasteiger partial charge in [0.15, 0.2) is 0 Å². The molecule has 1 fully saturated rings. The number of β-amino-alcohol motifs (C(OH)–C–C–N with tert-alkyl or cyclic N) is 1. The lowest BCUT2D eigenvalue weighted by atomic mass is 10.1. The summed E-state index contributed by atoms with van der Waals surface area (Å²) in [5, 5.41) is 20.9. The van der Waals surface area contributed by atoms with Crippen molar-refractivity contribution in [3.05, 3.63) is 28.3 Å². The van der Waals surface area contributed by atoms with E-state index in [2.05, 4.69) is 4.72 Å². The van der Waals surface area contributed by atoms with Crippen LogP contribution in [0, 0.1) is 10.1 Å². The molecule has 116 valence electrons. The molecular formula is C12H17N3O5S. The van der Waals surface area contributed by atoms with E-state index in [0.717, 1.165) is 12.5 Å². The zero-order valence-electron chi connectivity index (χ0n) is 11.5. The van der Waals surface area contributed by atoms with Crippen molar-refractivity contribution in [1.29, 1.82) is 0 Å². The Morgan fingerprint density at radius 1 is 1.48 bits per heavy atom. The highest BCUT2D eigenvalue weighted by Crippen LogP contribution is 2.32. The van der Waals surface area contributed by atoms with Gasteiger partial charge >= 0.3 is 0 Å². The van der Waals surface area contributed by atoms with Crippen LogP contribution < -0.4 is 9.62 Å². The Balaban J connectivity index is 2.45. The fourth-order valence-corrected chi connectivity index (χ4v) is 3.13. The van der Waals surface area contributed by atoms with Crippen LogP contribution in [0.1, 0.15) is 12.8 Å². The van der Waals surface area contributed by atoms with Crippen molar-refractivity contribution in [1.82, 2.24) is 4.72 Å². The number of nitro benzene ring substituents is 1. The van der Waals surface area contributed by atoms with Gasteiger partial charge in [-0.25, -0.2) is 13.1 Å². The predicted octanol–water partition coefficient (Wildman–Crippen LogP) is 0.464. The Morgan fingerprint density at radius 2 is 2.19 bits per heavy atom. The topological polar surface area (TPSA) is 113 Å². The molecule has 0 aliphatic carbocycles. The third-order valence-electron chi connectivity index (χ3n) is 3.46. The van der Waals surface area contributed by atoms with Gasteiger partial charge in [0.25, 0.3) is 5.69 Å². The molecule has 2 N–H and O–H groups in total. The number of benzene rings is 1. The molecule has 1 heterocycles. The molecule has 8 nitrogen and oxygen atoms in total. The highest BCUT2D eigenvalue weighted by Gasteiger charge is 2.26. The van der Waals surface area contributed by atoms with Crippen molar-refractivity contribution in [2.45, 2.75) is 23.8 Å². The fraction of sp³-hybridized carbons (Fsp3) is 0.500. The van der Waals surface area contributed by atoms with E-state index >= 15 is 0 Å². The number of sulfonamides is 1. The average Bonchev–Trinajstić information content (AvgIpc) is 2.46. The van der Waals surface area contributed by atoms with Crippen LogP contribution in [0.25, 0.3) is 0 Å². The minimum Gasteiger partial charge on any atom is -0.391 e. The first-order valence-electron chi connectivity index (χ1n) is 6.50. The summed E-state index contributed by atoms with van der Waals surface area (Å²) in [5.74, 6) is 0. The second kappa shape index (κ2) is 5.96. The van der Waals surface area contributed by atoms with Gasteiger partial charge in [0.05, 0.1) is 15.9 Å². The lowest BCUT2D eigenvalue weighted by Crippen LogP contribution is -2.38. The normalized spacial score (nSPS) is 19.5. The Kier molecular flexibility index (Phi) is 4.45. The molecule has 1 aliphatic rings. The van der Waals surface area contributed by atoms with Gasteiger partial charge in [-0.05, 0) is 32.0 Å². The molecule has 0 amide bonds. The first-order valence-corrected chi connectivity index (χ1v) is 7.98. The highest BCUT2D eigenvalue weighted by atomic mass is 32.2. The highest BCUT2D eigenvalue weighted by molar-refractivity contribution is 7.89. The lowest BCUT2D eigenvalue weighted by molar-refractivity contribution is -0.384. The monoisotopic (exact) mass is 315 g/mol. The molecular weight excluding hydrogens is 298 g/mol. The van der Waals surface area contributed by atoms with Gasteiger partial charge in [0.1, 0.15) is 5.69 Å². The van der Waals surface area contributed by atoms with Gasteiger partial charge < -0.3 is 10.0 Å². The van der Waals surface area contributed by atoms with Crippen LogP contribution in [0.15, 0.2) is 23.1 Å². The number of hydrogen-bond acceptors (Lipinski definition) is 6. The SMILES string of the molecule is CNS(=O)(=O)c1ccc(N2CCCC(O)C2)c([N+](=O)[O-])c1. The number of aliphatic hydroxyl groups is 1. The zero-order chi connectivity index (χ0) is 15.6. The molecule has 0 spiro atoms. The van der Waals surface area contributed by atoms with Gasteiger partial charge in [-0.2, -0.15) is 0 Å². The van der Waals surface area contributed by atoms with Gasteiger partial charge in [0, 0.05) is 19.2 Å². The second-order valence-corrected chi connectivity index (χ2v) is 6.74. The maximum Gasteiger partial charge on any atom is 0.293 e. The van der Waals surface area contributed by atoms with Crippen LogP contribution in [0.4, 0.5) is 11.4 Å². The van der Waals surface area contributed by atoms with E-state index in [1.807, 2.05) is 0 Å². The van der Waals surface area contributed by atoms with Crippen LogP contribution in [0.2, 0.25) is 0 Å². The molecule has 0 bridgehead atoms. The standard InChI is InChI=1S/C12H17N3O5S/c1-13-21(19,20)10-4-5-11(12(7-10)15(17)18)14-6-2-3-9(16)8-14/h4-5,7,9,13,16H,2-3,6,8H2,1H3. The molecule has 1 aliphatic heterocycles. The number of anilines is 1. The molecule has 1 unspecified atom stereocenters. The lowest BCUT2D eigenvalue weighted by Gasteiger charge is -2.31. The first kappa shape index (κ1) is 15.7. The van der Waals surface area contributed by atoms with E-state index in [1.54, 1.807) is 4.90 Å². The third-order valence-corrected chi connectivity index (χ3v) is 4.87. The summed E-state index contributed by atoms with van der Waals surface area (Å²) < 4.78 is 25.6. The minimum absolute atomic E-state index is 0.155. The quantitative estimate of drug-likeness (QED) is 0.616. The summed E-state index contributed by atoms with van der Waals surface area (Å²) in [6.07, 6.45) is 0.866. The van der Waals surface area contributed by atoms with Crippen LogP contribution in [-0.2, 0) is 10.0 Å². The second-order valence-electron chi connectivity index (χ2n) is 4.86. The molecule has 9 heteroatoms. The van der Waals surface area contributed by atoms with Crippen LogP contribution in [0.5, 0.6) is 0 Å². The van der Waals surface area contributed by atoms with E-state index in [4.69, 9.17) is 0 Å². The molecule has 1 atom stereocenters. The van der Waals surface area contributed by atoms with Crippen LogP contribution >= 0.6 is 0 Å². The van der Waals surface area contributed by atoms with Crippen molar-refractivity contribution in [3.63, 3.8) is 0 Å². The summed E-state index contributed by atoms with van der Waals surface area (Å²) in [4.78, 5) is 12.2. The molecule has 0 aromatic heterocycles. The van der Waals surface area contributed by atoms with E-state index in [-0.39, 0.29) is 10.6 Å². The molecule has 0 saturated carbocycles. The maximum absolute atomic E-state index is 11.7. The third kappa shape index (κ3) is 3.31. The molecule has 2 rings (SSSR count). The van der Waals surface area contributed by atoms with Crippen molar-refractivity contribution in [2.24, 2.45) is 0 Å². The smallest absolute Gasteiger partial charge is 0.293 e. The fourth-order valence-electron chi connectivity index (χ4n) is 2.38. The largest absolute Gasteiger partial charge is 0.391 e. The van der Waals surface area contributed by atoms with Gasteiger partial charge in [0.2, 0.25) is 10.0 Å². The summed E-state index contributed by atoms with van der Waals surface area (Å²) in [7, 11) is -2.49.